The Labute approximate surface area is 182 Å². The van der Waals surface area contributed by atoms with Crippen LogP contribution in [0.2, 0.25) is 0 Å². The van der Waals surface area contributed by atoms with Crippen LogP contribution >= 0.6 is 0 Å². The Balaban J connectivity index is 2.23. The van der Waals surface area contributed by atoms with Crippen molar-refractivity contribution in [3.8, 4) is 5.75 Å². The molecule has 0 unspecified atom stereocenters. The van der Waals surface area contributed by atoms with Gasteiger partial charge in [0.05, 0.1) is 6.61 Å². The minimum absolute atomic E-state index is 0.106. The Hall–Kier alpha value is -3.32. The third kappa shape index (κ3) is 8.14. The molecule has 0 aliphatic heterocycles. The SMILES string of the molecule is CC(C)(CC/C=C/C(=O)O)[C@H](OC(=O)Nc1ccccc1)c1cccc(OCCO)c1. The number of amides is 1. The number of carboxylic acids is 1. The van der Waals surface area contributed by atoms with E-state index >= 15 is 0 Å². The van der Waals surface area contributed by atoms with Gasteiger partial charge >= 0.3 is 12.1 Å². The van der Waals surface area contributed by atoms with Gasteiger partial charge in [-0.3, -0.25) is 5.32 Å². The average molecular weight is 427 g/mol. The highest BCUT2D eigenvalue weighted by atomic mass is 16.6. The molecule has 0 radical (unpaired) electrons. The molecular formula is C24H29NO6. The number of benzene rings is 2. The van der Waals surface area contributed by atoms with Gasteiger partial charge in [-0.1, -0.05) is 50.3 Å². The van der Waals surface area contributed by atoms with Crippen LogP contribution in [0.5, 0.6) is 5.75 Å². The number of allylic oxidation sites excluding steroid dienone is 1. The van der Waals surface area contributed by atoms with Crippen molar-refractivity contribution in [3.05, 3.63) is 72.3 Å². The highest BCUT2D eigenvalue weighted by Crippen LogP contribution is 2.41. The van der Waals surface area contributed by atoms with Crippen molar-refractivity contribution < 1.29 is 29.3 Å². The van der Waals surface area contributed by atoms with E-state index in [4.69, 9.17) is 19.7 Å². The van der Waals surface area contributed by atoms with Gasteiger partial charge in [0.2, 0.25) is 0 Å². The van der Waals surface area contributed by atoms with Gasteiger partial charge < -0.3 is 19.7 Å². The summed E-state index contributed by atoms with van der Waals surface area (Å²) in [5.74, 6) is -0.438. The highest BCUT2D eigenvalue weighted by molar-refractivity contribution is 5.84. The number of carboxylic acid groups (broad SMARTS) is 1. The molecule has 0 aliphatic rings. The summed E-state index contributed by atoms with van der Waals surface area (Å²) in [6, 6.07) is 16.2. The van der Waals surface area contributed by atoms with E-state index in [1.54, 1.807) is 36.4 Å². The molecule has 0 heterocycles. The minimum Gasteiger partial charge on any atom is -0.491 e. The first-order valence-corrected chi connectivity index (χ1v) is 10.1. The molecule has 3 N–H and O–H groups in total. The number of nitrogens with one attached hydrogen (secondary N) is 1. The molecule has 7 heteroatoms. The monoisotopic (exact) mass is 427 g/mol. The Bertz CT molecular complexity index is 879. The van der Waals surface area contributed by atoms with Gasteiger partial charge in [0.25, 0.3) is 0 Å². The number of carbonyl (C=O) groups excluding carboxylic acids is 1. The van der Waals surface area contributed by atoms with Crippen LogP contribution in [0.3, 0.4) is 0 Å². The number of aliphatic hydroxyl groups is 1. The Morgan fingerprint density at radius 1 is 1.13 bits per heavy atom. The Morgan fingerprint density at radius 2 is 1.87 bits per heavy atom. The van der Waals surface area contributed by atoms with E-state index in [2.05, 4.69) is 5.32 Å². The zero-order valence-corrected chi connectivity index (χ0v) is 17.8. The third-order valence-corrected chi connectivity index (χ3v) is 4.69. The summed E-state index contributed by atoms with van der Waals surface area (Å²) in [7, 11) is 0. The zero-order chi connectivity index (χ0) is 22.7. The maximum atomic E-state index is 12.6. The van der Waals surface area contributed by atoms with Gasteiger partial charge in [-0.2, -0.15) is 0 Å². The average Bonchev–Trinajstić information content (AvgIpc) is 2.74. The molecule has 2 aromatic rings. The number of anilines is 1. The van der Waals surface area contributed by atoms with Crippen LogP contribution in [0.1, 0.15) is 38.4 Å². The number of carbonyl (C=O) groups is 2. The molecule has 31 heavy (non-hydrogen) atoms. The van der Waals surface area contributed by atoms with Crippen molar-refractivity contribution in [2.75, 3.05) is 18.5 Å². The number of hydrogen-bond acceptors (Lipinski definition) is 5. The molecule has 0 aliphatic carbocycles. The standard InChI is InChI=1S/C24H29NO6/c1-24(2,14-7-6-13-21(27)28)22(18-9-8-12-20(17-18)30-16-15-26)31-23(29)25-19-10-4-3-5-11-19/h3-6,8-13,17,22,26H,7,14-16H2,1-2H3,(H,25,29)(H,27,28)/b13-6+/t22-/m1/s1. The molecule has 2 aromatic carbocycles. The Morgan fingerprint density at radius 3 is 2.55 bits per heavy atom. The molecule has 1 atom stereocenters. The number of aliphatic hydroxyl groups excluding tert-OH is 1. The summed E-state index contributed by atoms with van der Waals surface area (Å²) in [5.41, 5.74) is 0.853. The lowest BCUT2D eigenvalue weighted by Gasteiger charge is -2.34. The number of rotatable bonds is 11. The van der Waals surface area contributed by atoms with E-state index in [0.29, 0.717) is 24.3 Å². The second-order valence-electron chi connectivity index (χ2n) is 7.69. The van der Waals surface area contributed by atoms with E-state index in [-0.39, 0.29) is 13.2 Å². The lowest BCUT2D eigenvalue weighted by Crippen LogP contribution is -2.29. The topological polar surface area (TPSA) is 105 Å². The van der Waals surface area contributed by atoms with E-state index < -0.39 is 23.6 Å². The Kier molecular flexibility index (Phi) is 9.09. The lowest BCUT2D eigenvalue weighted by atomic mass is 9.78. The molecule has 0 saturated heterocycles. The molecule has 2 rings (SSSR count). The maximum absolute atomic E-state index is 12.6. The summed E-state index contributed by atoms with van der Waals surface area (Å²) in [5, 5.41) is 20.5. The molecule has 0 bridgehead atoms. The van der Waals surface area contributed by atoms with E-state index in [1.165, 1.54) is 0 Å². The summed E-state index contributed by atoms with van der Waals surface area (Å²) < 4.78 is 11.3. The number of hydrogen-bond donors (Lipinski definition) is 3. The zero-order valence-electron chi connectivity index (χ0n) is 17.8. The number of para-hydroxylation sites is 1. The van der Waals surface area contributed by atoms with Crippen LogP contribution in [0.25, 0.3) is 0 Å². The largest absolute Gasteiger partial charge is 0.491 e. The van der Waals surface area contributed by atoms with Gasteiger partial charge in [0.1, 0.15) is 18.5 Å². The van der Waals surface area contributed by atoms with Crippen molar-refractivity contribution in [1.29, 1.82) is 0 Å². The fourth-order valence-corrected chi connectivity index (χ4v) is 3.16. The van der Waals surface area contributed by atoms with Crippen LogP contribution in [-0.4, -0.2) is 35.5 Å². The molecule has 0 spiro atoms. The molecule has 0 aromatic heterocycles. The van der Waals surface area contributed by atoms with Crippen LogP contribution in [0.4, 0.5) is 10.5 Å². The fourth-order valence-electron chi connectivity index (χ4n) is 3.16. The molecule has 0 saturated carbocycles. The fraction of sp³-hybridized carbons (Fsp3) is 0.333. The second kappa shape index (κ2) is 11.8. The summed E-state index contributed by atoms with van der Waals surface area (Å²) in [6.07, 6.45) is 2.59. The molecule has 7 nitrogen and oxygen atoms in total. The summed E-state index contributed by atoms with van der Waals surface area (Å²) in [4.78, 5) is 23.4. The van der Waals surface area contributed by atoms with Crippen molar-refractivity contribution in [1.82, 2.24) is 0 Å². The molecular weight excluding hydrogens is 398 g/mol. The molecule has 166 valence electrons. The van der Waals surface area contributed by atoms with Gasteiger partial charge in [-0.25, -0.2) is 9.59 Å². The first-order valence-electron chi connectivity index (χ1n) is 10.1. The normalized spacial score (nSPS) is 12.4. The van der Waals surface area contributed by atoms with Crippen LogP contribution < -0.4 is 10.1 Å². The van der Waals surface area contributed by atoms with E-state index in [0.717, 1.165) is 11.6 Å². The molecule has 0 fully saturated rings. The number of aliphatic carboxylic acids is 1. The molecule has 1 amide bonds. The smallest absolute Gasteiger partial charge is 0.412 e. The summed E-state index contributed by atoms with van der Waals surface area (Å²) >= 11 is 0. The highest BCUT2D eigenvalue weighted by Gasteiger charge is 2.34. The van der Waals surface area contributed by atoms with Crippen LogP contribution in [0, 0.1) is 5.41 Å². The number of ether oxygens (including phenoxy) is 2. The van der Waals surface area contributed by atoms with Gasteiger partial charge in [-0.05, 0) is 42.7 Å². The van der Waals surface area contributed by atoms with Crippen LogP contribution in [-0.2, 0) is 9.53 Å². The van der Waals surface area contributed by atoms with Crippen molar-refractivity contribution in [3.63, 3.8) is 0 Å². The summed E-state index contributed by atoms with van der Waals surface area (Å²) in [6.45, 7) is 3.98. The first-order chi connectivity index (χ1) is 14.8. The first kappa shape index (κ1) is 24.0. The van der Waals surface area contributed by atoms with Crippen molar-refractivity contribution in [2.45, 2.75) is 32.8 Å². The maximum Gasteiger partial charge on any atom is 0.412 e. The van der Waals surface area contributed by atoms with Gasteiger partial charge in [0, 0.05) is 17.2 Å². The van der Waals surface area contributed by atoms with E-state index in [1.807, 2.05) is 38.1 Å². The lowest BCUT2D eigenvalue weighted by molar-refractivity contribution is -0.131. The predicted octanol–water partition coefficient (Wildman–Crippen LogP) is 4.79. The van der Waals surface area contributed by atoms with Gasteiger partial charge in [-0.15, -0.1) is 0 Å². The van der Waals surface area contributed by atoms with Gasteiger partial charge in [0.15, 0.2) is 0 Å². The van der Waals surface area contributed by atoms with Crippen molar-refractivity contribution >= 4 is 17.7 Å². The van der Waals surface area contributed by atoms with Crippen molar-refractivity contribution in [2.24, 2.45) is 5.41 Å². The van der Waals surface area contributed by atoms with Crippen LogP contribution in [0.15, 0.2) is 66.7 Å². The predicted molar refractivity (Wildman–Crippen MR) is 118 cm³/mol. The minimum atomic E-state index is -0.999. The van der Waals surface area contributed by atoms with E-state index in [9.17, 15) is 9.59 Å². The third-order valence-electron chi connectivity index (χ3n) is 4.69. The second-order valence-corrected chi connectivity index (χ2v) is 7.69. The quantitative estimate of drug-likeness (QED) is 0.445.